The van der Waals surface area contributed by atoms with E-state index in [4.69, 9.17) is 20.9 Å². The molecular formula is C23H26ClN3O4S. The highest BCUT2D eigenvalue weighted by atomic mass is 35.5. The van der Waals surface area contributed by atoms with Crippen molar-refractivity contribution < 1.29 is 17.7 Å². The summed E-state index contributed by atoms with van der Waals surface area (Å²) in [5, 5.41) is 4.73. The molecule has 0 bridgehead atoms. The fourth-order valence-electron chi connectivity index (χ4n) is 3.99. The van der Waals surface area contributed by atoms with Crippen molar-refractivity contribution in [2.45, 2.75) is 49.5 Å². The third kappa shape index (κ3) is 4.82. The lowest BCUT2D eigenvalue weighted by Gasteiger charge is -2.18. The molecule has 0 aliphatic heterocycles. The van der Waals surface area contributed by atoms with Gasteiger partial charge in [-0.25, -0.2) is 8.42 Å². The molecule has 0 N–H and O–H groups in total. The third-order valence-corrected chi connectivity index (χ3v) is 7.89. The quantitative estimate of drug-likeness (QED) is 0.463. The second-order valence-electron chi connectivity index (χ2n) is 8.04. The van der Waals surface area contributed by atoms with Crippen molar-refractivity contribution in [2.24, 2.45) is 0 Å². The van der Waals surface area contributed by atoms with Gasteiger partial charge in [-0.05, 0) is 48.7 Å². The summed E-state index contributed by atoms with van der Waals surface area (Å²) in [4.78, 5) is 4.71. The summed E-state index contributed by atoms with van der Waals surface area (Å²) >= 11 is 5.93. The van der Waals surface area contributed by atoms with E-state index in [2.05, 4.69) is 10.1 Å². The van der Waals surface area contributed by atoms with Gasteiger partial charge in [0.2, 0.25) is 21.7 Å². The smallest absolute Gasteiger partial charge is 0.243 e. The molecule has 0 saturated heterocycles. The molecule has 0 radical (unpaired) electrons. The predicted octanol–water partition coefficient (Wildman–Crippen LogP) is 5.27. The van der Waals surface area contributed by atoms with Gasteiger partial charge in [0.25, 0.3) is 0 Å². The normalized spacial score (nSPS) is 15.2. The van der Waals surface area contributed by atoms with E-state index in [1.165, 1.54) is 23.9 Å². The van der Waals surface area contributed by atoms with E-state index in [-0.39, 0.29) is 17.4 Å². The fourth-order valence-corrected chi connectivity index (χ4v) is 5.31. The zero-order valence-electron chi connectivity index (χ0n) is 18.1. The lowest BCUT2D eigenvalue weighted by Crippen LogP contribution is -2.26. The molecule has 4 rings (SSSR count). The Morgan fingerprint density at radius 2 is 1.84 bits per heavy atom. The molecule has 2 aromatic carbocycles. The maximum absolute atomic E-state index is 13.2. The Kier molecular flexibility index (Phi) is 6.83. The molecule has 3 aromatic rings. The maximum atomic E-state index is 13.2. The summed E-state index contributed by atoms with van der Waals surface area (Å²) in [6.45, 7) is 0.217. The van der Waals surface area contributed by atoms with Gasteiger partial charge in [-0.15, -0.1) is 0 Å². The largest absolute Gasteiger partial charge is 0.496 e. The van der Waals surface area contributed by atoms with Crippen molar-refractivity contribution in [3.8, 4) is 17.1 Å². The second kappa shape index (κ2) is 9.60. The van der Waals surface area contributed by atoms with E-state index in [0.717, 1.165) is 31.2 Å². The zero-order valence-corrected chi connectivity index (χ0v) is 19.7. The van der Waals surface area contributed by atoms with Crippen LogP contribution < -0.4 is 4.74 Å². The number of hydrogen-bond donors (Lipinski definition) is 0. The van der Waals surface area contributed by atoms with E-state index in [1.807, 2.05) is 0 Å². The molecule has 1 aliphatic carbocycles. The van der Waals surface area contributed by atoms with Crippen molar-refractivity contribution in [3.63, 3.8) is 0 Å². The number of sulfonamides is 1. The van der Waals surface area contributed by atoms with E-state index in [1.54, 1.807) is 43.4 Å². The maximum Gasteiger partial charge on any atom is 0.243 e. The number of methoxy groups -OCH3 is 1. The molecule has 7 nitrogen and oxygen atoms in total. The molecule has 1 fully saturated rings. The minimum absolute atomic E-state index is 0.133. The van der Waals surface area contributed by atoms with Crippen LogP contribution in [0.15, 0.2) is 51.9 Å². The van der Waals surface area contributed by atoms with Crippen molar-refractivity contribution in [3.05, 3.63) is 58.9 Å². The first-order valence-electron chi connectivity index (χ1n) is 10.6. The van der Waals surface area contributed by atoms with Crippen LogP contribution in [0.3, 0.4) is 0 Å². The van der Waals surface area contributed by atoms with Crippen LogP contribution >= 0.6 is 11.6 Å². The van der Waals surface area contributed by atoms with Gasteiger partial charge in [0, 0.05) is 24.5 Å². The minimum Gasteiger partial charge on any atom is -0.496 e. The fraction of sp³-hybridized carbons (Fsp3) is 0.391. The average Bonchev–Trinajstić information content (AvgIpc) is 3.31. The summed E-state index contributed by atoms with van der Waals surface area (Å²) in [6, 6.07) is 11.8. The monoisotopic (exact) mass is 475 g/mol. The number of rotatable bonds is 7. The van der Waals surface area contributed by atoms with Crippen LogP contribution in [-0.2, 0) is 16.6 Å². The van der Waals surface area contributed by atoms with E-state index in [0.29, 0.717) is 28.1 Å². The van der Waals surface area contributed by atoms with Gasteiger partial charge in [-0.2, -0.15) is 9.29 Å². The molecule has 0 atom stereocenters. The van der Waals surface area contributed by atoms with Gasteiger partial charge in [-0.1, -0.05) is 48.2 Å². The molecule has 1 saturated carbocycles. The van der Waals surface area contributed by atoms with Crippen LogP contribution in [-0.4, -0.2) is 37.0 Å². The Labute approximate surface area is 193 Å². The summed E-state index contributed by atoms with van der Waals surface area (Å²) in [6.07, 6.45) is 5.60. The highest BCUT2D eigenvalue weighted by molar-refractivity contribution is 7.89. The van der Waals surface area contributed by atoms with Gasteiger partial charge in [-0.3, -0.25) is 0 Å². The van der Waals surface area contributed by atoms with Crippen molar-refractivity contribution >= 4 is 21.6 Å². The number of halogens is 1. The topological polar surface area (TPSA) is 85.5 Å². The van der Waals surface area contributed by atoms with Crippen molar-refractivity contribution in [2.75, 3.05) is 14.2 Å². The summed E-state index contributed by atoms with van der Waals surface area (Å²) < 4.78 is 38.7. The Balaban J connectivity index is 1.62. The van der Waals surface area contributed by atoms with Crippen LogP contribution in [0.25, 0.3) is 11.4 Å². The number of benzene rings is 2. The van der Waals surface area contributed by atoms with Crippen LogP contribution in [0, 0.1) is 0 Å². The number of aromatic nitrogens is 2. The molecule has 0 spiro atoms. The predicted molar refractivity (Wildman–Crippen MR) is 122 cm³/mol. The molecular weight excluding hydrogens is 450 g/mol. The number of nitrogens with zero attached hydrogens (tertiary/aromatic N) is 3. The Morgan fingerprint density at radius 3 is 2.53 bits per heavy atom. The first kappa shape index (κ1) is 22.8. The molecule has 1 heterocycles. The third-order valence-electron chi connectivity index (χ3n) is 5.83. The zero-order chi connectivity index (χ0) is 22.7. The van der Waals surface area contributed by atoms with Crippen LogP contribution in [0.5, 0.6) is 5.75 Å². The first-order valence-corrected chi connectivity index (χ1v) is 12.4. The van der Waals surface area contributed by atoms with Crippen LogP contribution in [0.4, 0.5) is 0 Å². The van der Waals surface area contributed by atoms with Crippen LogP contribution in [0.2, 0.25) is 5.02 Å². The summed E-state index contributed by atoms with van der Waals surface area (Å²) in [5.41, 5.74) is 1.32. The Morgan fingerprint density at radius 1 is 1.12 bits per heavy atom. The Hall–Kier alpha value is -2.42. The van der Waals surface area contributed by atoms with Crippen molar-refractivity contribution in [1.82, 2.24) is 14.4 Å². The van der Waals surface area contributed by atoms with Crippen molar-refractivity contribution in [1.29, 1.82) is 0 Å². The Bertz CT molecular complexity index is 1170. The average molecular weight is 476 g/mol. The molecule has 170 valence electrons. The molecule has 0 amide bonds. The van der Waals surface area contributed by atoms with E-state index in [9.17, 15) is 8.42 Å². The van der Waals surface area contributed by atoms with E-state index >= 15 is 0 Å². The summed E-state index contributed by atoms with van der Waals surface area (Å²) in [5.74, 6) is 1.68. The van der Waals surface area contributed by atoms with Gasteiger partial charge in [0.1, 0.15) is 5.75 Å². The molecule has 9 heteroatoms. The van der Waals surface area contributed by atoms with Gasteiger partial charge < -0.3 is 9.26 Å². The van der Waals surface area contributed by atoms with Gasteiger partial charge >= 0.3 is 0 Å². The molecule has 0 unspecified atom stereocenters. The molecule has 32 heavy (non-hydrogen) atoms. The first-order chi connectivity index (χ1) is 15.4. The van der Waals surface area contributed by atoms with Crippen LogP contribution in [0.1, 0.15) is 49.5 Å². The number of hydrogen-bond acceptors (Lipinski definition) is 6. The molecule has 1 aromatic heterocycles. The lowest BCUT2D eigenvalue weighted by molar-refractivity contribution is 0.314. The van der Waals surface area contributed by atoms with Gasteiger partial charge in [0.05, 0.1) is 17.6 Å². The summed E-state index contributed by atoms with van der Waals surface area (Å²) in [7, 11) is -0.683. The SMILES string of the molecule is COc1ccc(S(=O)(=O)N(C)Cc2ccc(Cl)cc2)cc1-c1noc(C2CCCCC2)n1. The minimum atomic E-state index is -3.76. The number of ether oxygens (including phenoxy) is 1. The van der Waals surface area contributed by atoms with E-state index < -0.39 is 10.0 Å². The lowest BCUT2D eigenvalue weighted by atomic mass is 9.89. The van der Waals surface area contributed by atoms with Gasteiger partial charge in [0.15, 0.2) is 0 Å². The highest BCUT2D eigenvalue weighted by Crippen LogP contribution is 2.35. The highest BCUT2D eigenvalue weighted by Gasteiger charge is 2.26. The standard InChI is InChI=1S/C23H26ClN3O4S/c1-27(15-16-8-10-18(24)11-9-16)32(28,29)19-12-13-21(30-2)20(14-19)22-25-23(31-26-22)17-6-4-3-5-7-17/h8-14,17H,3-7,15H2,1-2H3. The second-order valence-corrected chi connectivity index (χ2v) is 10.5. The molecule has 1 aliphatic rings.